The molecule has 1 heterocycles. The largest absolute Gasteiger partial charge is 0.489 e. The Morgan fingerprint density at radius 2 is 2.05 bits per heavy atom. The van der Waals surface area contributed by atoms with Crippen molar-refractivity contribution in [3.05, 3.63) is 58.9 Å². The lowest BCUT2D eigenvalue weighted by atomic mass is 10.2. The number of oxime groups is 1. The van der Waals surface area contributed by atoms with Gasteiger partial charge in [-0.1, -0.05) is 16.8 Å². The summed E-state index contributed by atoms with van der Waals surface area (Å²) in [5.74, 6) is 0.680. The van der Waals surface area contributed by atoms with E-state index in [1.165, 1.54) is 0 Å². The molecule has 6 heteroatoms. The van der Waals surface area contributed by atoms with Crippen LogP contribution in [-0.4, -0.2) is 16.0 Å². The van der Waals surface area contributed by atoms with E-state index in [-0.39, 0.29) is 5.84 Å². The minimum atomic E-state index is -0.0339. The molecule has 2 aromatic rings. The van der Waals surface area contributed by atoms with Crippen LogP contribution in [0.5, 0.6) is 5.75 Å². The molecule has 0 aliphatic rings. The van der Waals surface area contributed by atoms with Crippen LogP contribution in [0.3, 0.4) is 0 Å². The van der Waals surface area contributed by atoms with E-state index in [1.54, 1.807) is 42.6 Å². The number of hydrogen-bond donors (Lipinski definition) is 2. The van der Waals surface area contributed by atoms with E-state index < -0.39 is 0 Å². The molecule has 0 saturated carbocycles. The summed E-state index contributed by atoms with van der Waals surface area (Å²) in [7, 11) is 0. The highest BCUT2D eigenvalue weighted by Gasteiger charge is 2.03. The Morgan fingerprint density at radius 3 is 2.74 bits per heavy atom. The number of aromatic nitrogens is 1. The number of benzene rings is 1. The van der Waals surface area contributed by atoms with Gasteiger partial charge in [0.1, 0.15) is 18.1 Å². The smallest absolute Gasteiger partial charge is 0.188 e. The maximum atomic E-state index is 8.59. The predicted octanol–water partition coefficient (Wildman–Crippen LogP) is 2.41. The number of amidine groups is 1. The lowest BCUT2D eigenvalue weighted by Crippen LogP contribution is -2.15. The number of ether oxygens (including phenoxy) is 1. The zero-order valence-electron chi connectivity index (χ0n) is 9.95. The Bertz CT molecular complexity index is 585. The molecule has 0 saturated heterocycles. The van der Waals surface area contributed by atoms with Crippen molar-refractivity contribution >= 4 is 17.4 Å². The average Bonchev–Trinajstić information content (AvgIpc) is 2.46. The Balaban J connectivity index is 2.05. The van der Waals surface area contributed by atoms with E-state index in [2.05, 4.69) is 10.1 Å². The Hall–Kier alpha value is -2.27. The highest BCUT2D eigenvalue weighted by molar-refractivity contribution is 6.30. The first-order valence-electron chi connectivity index (χ1n) is 5.50. The number of hydrogen-bond acceptors (Lipinski definition) is 4. The van der Waals surface area contributed by atoms with Crippen molar-refractivity contribution in [1.82, 2.24) is 4.98 Å². The molecule has 0 spiro atoms. The summed E-state index contributed by atoms with van der Waals surface area (Å²) in [5, 5.41) is 12.2. The summed E-state index contributed by atoms with van der Waals surface area (Å²) in [5.41, 5.74) is 6.74. The highest BCUT2D eigenvalue weighted by Crippen LogP contribution is 2.16. The van der Waals surface area contributed by atoms with E-state index in [0.717, 1.165) is 5.56 Å². The summed E-state index contributed by atoms with van der Waals surface area (Å²) in [4.78, 5) is 3.99. The molecule has 2 rings (SSSR count). The van der Waals surface area contributed by atoms with Crippen LogP contribution in [0.25, 0.3) is 0 Å². The third-order valence-corrected chi connectivity index (χ3v) is 2.67. The van der Waals surface area contributed by atoms with Gasteiger partial charge in [-0.2, -0.15) is 0 Å². The second-order valence-electron chi connectivity index (χ2n) is 3.78. The first-order chi connectivity index (χ1) is 9.19. The van der Waals surface area contributed by atoms with Gasteiger partial charge in [0.15, 0.2) is 5.84 Å². The van der Waals surface area contributed by atoms with Crippen LogP contribution >= 0.6 is 11.6 Å². The molecule has 1 aromatic heterocycles. The van der Waals surface area contributed by atoms with Crippen molar-refractivity contribution in [3.63, 3.8) is 0 Å². The van der Waals surface area contributed by atoms with Gasteiger partial charge in [0.25, 0.3) is 0 Å². The van der Waals surface area contributed by atoms with Gasteiger partial charge in [0.05, 0.1) is 0 Å². The third-order valence-electron chi connectivity index (χ3n) is 2.41. The Morgan fingerprint density at radius 1 is 1.32 bits per heavy atom. The molecule has 0 amide bonds. The van der Waals surface area contributed by atoms with Crippen LogP contribution in [-0.2, 0) is 6.61 Å². The average molecular weight is 278 g/mol. The second-order valence-corrected chi connectivity index (χ2v) is 4.21. The lowest BCUT2D eigenvalue weighted by molar-refractivity contribution is 0.306. The van der Waals surface area contributed by atoms with Crippen molar-refractivity contribution in [2.24, 2.45) is 10.9 Å². The number of rotatable bonds is 4. The second kappa shape index (κ2) is 6.06. The summed E-state index contributed by atoms with van der Waals surface area (Å²) >= 11 is 5.79. The molecule has 0 aliphatic heterocycles. The topological polar surface area (TPSA) is 80.7 Å². The maximum absolute atomic E-state index is 8.59. The van der Waals surface area contributed by atoms with Crippen molar-refractivity contribution < 1.29 is 9.94 Å². The molecule has 98 valence electrons. The SMILES string of the molecule is NC(=NO)c1cc(COc2ccc(Cl)cc2)ccn1. The minimum absolute atomic E-state index is 0.0339. The summed E-state index contributed by atoms with van der Waals surface area (Å²) in [6.45, 7) is 0.357. The van der Waals surface area contributed by atoms with Crippen LogP contribution in [0.2, 0.25) is 5.02 Å². The number of halogens is 1. The first kappa shape index (κ1) is 13.2. The van der Waals surface area contributed by atoms with Gasteiger partial charge in [-0.25, -0.2) is 0 Å². The number of nitrogens with zero attached hydrogens (tertiary/aromatic N) is 2. The first-order valence-corrected chi connectivity index (χ1v) is 5.88. The van der Waals surface area contributed by atoms with E-state index >= 15 is 0 Å². The molecule has 0 atom stereocenters. The molecular weight excluding hydrogens is 266 g/mol. The summed E-state index contributed by atoms with van der Waals surface area (Å²) < 4.78 is 5.59. The van der Waals surface area contributed by atoms with Gasteiger partial charge in [0, 0.05) is 11.2 Å². The Kier molecular flexibility index (Phi) is 4.20. The normalized spacial score (nSPS) is 11.3. The van der Waals surface area contributed by atoms with E-state index in [9.17, 15) is 0 Å². The lowest BCUT2D eigenvalue weighted by Gasteiger charge is -2.07. The molecule has 1 aromatic carbocycles. The molecular formula is C13H12ClN3O2. The Labute approximate surface area is 115 Å². The summed E-state index contributed by atoms with van der Waals surface area (Å²) in [6, 6.07) is 10.6. The van der Waals surface area contributed by atoms with Crippen LogP contribution in [0.15, 0.2) is 47.8 Å². The predicted molar refractivity (Wildman–Crippen MR) is 72.5 cm³/mol. The molecule has 0 unspecified atom stereocenters. The molecule has 3 N–H and O–H groups in total. The van der Waals surface area contributed by atoms with Crippen molar-refractivity contribution in [2.45, 2.75) is 6.61 Å². The van der Waals surface area contributed by atoms with Crippen molar-refractivity contribution in [2.75, 3.05) is 0 Å². The molecule has 19 heavy (non-hydrogen) atoms. The number of pyridine rings is 1. The fourth-order valence-corrected chi connectivity index (χ4v) is 1.58. The van der Waals surface area contributed by atoms with Crippen LogP contribution < -0.4 is 10.5 Å². The van der Waals surface area contributed by atoms with E-state index in [1.807, 2.05) is 0 Å². The molecule has 0 aliphatic carbocycles. The van der Waals surface area contributed by atoms with Crippen LogP contribution in [0, 0.1) is 0 Å². The molecule has 0 bridgehead atoms. The van der Waals surface area contributed by atoms with Gasteiger partial charge in [-0.05, 0) is 42.0 Å². The number of nitrogens with two attached hydrogens (primary N) is 1. The van der Waals surface area contributed by atoms with Gasteiger partial charge in [-0.3, -0.25) is 4.98 Å². The monoisotopic (exact) mass is 277 g/mol. The molecule has 5 nitrogen and oxygen atoms in total. The van der Waals surface area contributed by atoms with Gasteiger partial charge >= 0.3 is 0 Å². The van der Waals surface area contributed by atoms with Crippen LogP contribution in [0.4, 0.5) is 0 Å². The van der Waals surface area contributed by atoms with Gasteiger partial charge in [-0.15, -0.1) is 0 Å². The van der Waals surface area contributed by atoms with Crippen molar-refractivity contribution in [1.29, 1.82) is 0 Å². The standard InChI is InChI=1S/C13H12ClN3O2/c14-10-1-3-11(4-2-10)19-8-9-5-6-16-12(7-9)13(15)17-18/h1-7,18H,8H2,(H2,15,17). The highest BCUT2D eigenvalue weighted by atomic mass is 35.5. The zero-order chi connectivity index (χ0) is 13.7. The molecule has 0 radical (unpaired) electrons. The fraction of sp³-hybridized carbons (Fsp3) is 0.0769. The molecule has 0 fully saturated rings. The summed E-state index contributed by atoms with van der Waals surface area (Å²) in [6.07, 6.45) is 1.58. The fourth-order valence-electron chi connectivity index (χ4n) is 1.45. The van der Waals surface area contributed by atoms with Gasteiger partial charge < -0.3 is 15.7 Å². The van der Waals surface area contributed by atoms with Gasteiger partial charge in [0.2, 0.25) is 0 Å². The van der Waals surface area contributed by atoms with Crippen molar-refractivity contribution in [3.8, 4) is 5.75 Å². The third kappa shape index (κ3) is 3.59. The zero-order valence-corrected chi connectivity index (χ0v) is 10.7. The maximum Gasteiger partial charge on any atom is 0.188 e. The van der Waals surface area contributed by atoms with E-state index in [4.69, 9.17) is 27.3 Å². The minimum Gasteiger partial charge on any atom is -0.489 e. The quantitative estimate of drug-likeness (QED) is 0.389. The van der Waals surface area contributed by atoms with E-state index in [0.29, 0.717) is 23.1 Å². The van der Waals surface area contributed by atoms with Crippen LogP contribution in [0.1, 0.15) is 11.3 Å².